The van der Waals surface area contributed by atoms with Crippen molar-refractivity contribution in [1.29, 1.82) is 0 Å². The Morgan fingerprint density at radius 2 is 1.93 bits per heavy atom. The average molecular weight is 202 g/mol. The summed E-state index contributed by atoms with van der Waals surface area (Å²) in [6.07, 6.45) is 1.46. The summed E-state index contributed by atoms with van der Waals surface area (Å²) in [4.78, 5) is 11.1. The molecule has 0 rings (SSSR count). The van der Waals surface area contributed by atoms with Gasteiger partial charge in [0.1, 0.15) is 0 Å². The maximum Gasteiger partial charge on any atom is 0.234 e. The van der Waals surface area contributed by atoms with Crippen molar-refractivity contribution in [3.05, 3.63) is 0 Å². The van der Waals surface area contributed by atoms with E-state index in [4.69, 9.17) is 0 Å². The molecule has 0 aliphatic carbocycles. The smallest absolute Gasteiger partial charge is 0.234 e. The minimum atomic E-state index is -0.425. The van der Waals surface area contributed by atoms with Crippen molar-refractivity contribution in [3.63, 3.8) is 0 Å². The van der Waals surface area contributed by atoms with E-state index in [0.717, 1.165) is 12.8 Å². The zero-order valence-electron chi connectivity index (χ0n) is 9.34. The number of carbonyl (C=O) groups is 1. The number of aliphatic hydroxyl groups excluding tert-OH is 1. The van der Waals surface area contributed by atoms with E-state index in [1.165, 1.54) is 0 Å². The highest BCUT2D eigenvalue weighted by molar-refractivity contribution is 5.77. The van der Waals surface area contributed by atoms with Crippen LogP contribution in [0.25, 0.3) is 0 Å². The molecule has 84 valence electrons. The summed E-state index contributed by atoms with van der Waals surface area (Å²) in [5.74, 6) is 0.211. The van der Waals surface area contributed by atoms with Gasteiger partial charge < -0.3 is 15.7 Å². The molecule has 4 heteroatoms. The first-order chi connectivity index (χ1) is 6.65. The van der Waals surface area contributed by atoms with Crippen molar-refractivity contribution in [2.24, 2.45) is 5.92 Å². The highest BCUT2D eigenvalue weighted by atomic mass is 16.3. The highest BCUT2D eigenvalue weighted by Crippen LogP contribution is 2.11. The van der Waals surface area contributed by atoms with Gasteiger partial charge in [0, 0.05) is 6.54 Å². The molecule has 0 aromatic rings. The Balaban J connectivity index is 3.71. The normalized spacial score (nSPS) is 12.9. The molecule has 0 aliphatic heterocycles. The molecule has 4 nitrogen and oxygen atoms in total. The van der Waals surface area contributed by atoms with Crippen LogP contribution in [0, 0.1) is 5.92 Å². The fraction of sp³-hybridized carbons (Fsp3) is 0.900. The Labute approximate surface area is 86.1 Å². The van der Waals surface area contributed by atoms with Gasteiger partial charge in [-0.3, -0.25) is 4.79 Å². The lowest BCUT2D eigenvalue weighted by atomic mass is 9.96. The first kappa shape index (κ1) is 13.4. The quantitative estimate of drug-likeness (QED) is 0.549. The van der Waals surface area contributed by atoms with Crippen LogP contribution < -0.4 is 10.6 Å². The predicted octanol–water partition coefficient (Wildman–Crippen LogP) is 0.119. The lowest BCUT2D eigenvalue weighted by Crippen LogP contribution is -2.39. The SMILES string of the molecule is CCC(CC)C(O)CNC(=O)CNC. The van der Waals surface area contributed by atoms with Crippen LogP contribution in [0.2, 0.25) is 0 Å². The molecule has 1 atom stereocenters. The second kappa shape index (κ2) is 7.76. The Bertz CT molecular complexity index is 158. The van der Waals surface area contributed by atoms with Gasteiger partial charge in [-0.2, -0.15) is 0 Å². The number of carbonyl (C=O) groups excluding carboxylic acids is 1. The minimum absolute atomic E-state index is 0.0718. The zero-order chi connectivity index (χ0) is 11.0. The van der Waals surface area contributed by atoms with Crippen molar-refractivity contribution >= 4 is 5.91 Å². The summed E-state index contributed by atoms with van der Waals surface area (Å²) in [5.41, 5.74) is 0. The molecule has 1 amide bonds. The van der Waals surface area contributed by atoms with E-state index >= 15 is 0 Å². The maximum absolute atomic E-state index is 11.1. The van der Waals surface area contributed by atoms with Crippen LogP contribution in [0.1, 0.15) is 26.7 Å². The van der Waals surface area contributed by atoms with Crippen molar-refractivity contribution in [2.45, 2.75) is 32.8 Å². The van der Waals surface area contributed by atoms with Crippen molar-refractivity contribution < 1.29 is 9.90 Å². The van der Waals surface area contributed by atoms with E-state index in [1.807, 2.05) is 13.8 Å². The van der Waals surface area contributed by atoms with E-state index in [9.17, 15) is 9.90 Å². The third kappa shape index (κ3) is 5.19. The molecule has 0 saturated heterocycles. The third-order valence-electron chi connectivity index (χ3n) is 2.44. The topological polar surface area (TPSA) is 61.4 Å². The molecule has 0 aromatic carbocycles. The van der Waals surface area contributed by atoms with E-state index in [-0.39, 0.29) is 11.8 Å². The Morgan fingerprint density at radius 1 is 1.36 bits per heavy atom. The summed E-state index contributed by atoms with van der Waals surface area (Å²) in [6, 6.07) is 0. The summed E-state index contributed by atoms with van der Waals surface area (Å²) in [6.45, 7) is 4.75. The highest BCUT2D eigenvalue weighted by Gasteiger charge is 2.15. The van der Waals surface area contributed by atoms with Crippen LogP contribution in [-0.2, 0) is 4.79 Å². The lowest BCUT2D eigenvalue weighted by molar-refractivity contribution is -0.120. The van der Waals surface area contributed by atoms with Gasteiger partial charge in [-0.05, 0) is 13.0 Å². The fourth-order valence-electron chi connectivity index (χ4n) is 1.44. The van der Waals surface area contributed by atoms with Gasteiger partial charge in [-0.1, -0.05) is 26.7 Å². The number of aliphatic hydroxyl groups is 1. The summed E-state index contributed by atoms with van der Waals surface area (Å²) >= 11 is 0. The van der Waals surface area contributed by atoms with E-state index in [0.29, 0.717) is 13.1 Å². The second-order valence-electron chi connectivity index (χ2n) is 3.48. The first-order valence-corrected chi connectivity index (χ1v) is 5.25. The zero-order valence-corrected chi connectivity index (χ0v) is 9.34. The second-order valence-corrected chi connectivity index (χ2v) is 3.48. The van der Waals surface area contributed by atoms with Crippen LogP contribution in [0.4, 0.5) is 0 Å². The number of rotatable bonds is 7. The standard InChI is InChI=1S/C10H22N2O2/c1-4-8(5-2)9(13)6-12-10(14)7-11-3/h8-9,11,13H,4-7H2,1-3H3,(H,12,14). The van der Waals surface area contributed by atoms with Crippen LogP contribution >= 0.6 is 0 Å². The van der Waals surface area contributed by atoms with E-state index in [2.05, 4.69) is 10.6 Å². The van der Waals surface area contributed by atoms with Crippen LogP contribution in [0.3, 0.4) is 0 Å². The molecular weight excluding hydrogens is 180 g/mol. The predicted molar refractivity (Wildman–Crippen MR) is 57.0 cm³/mol. The van der Waals surface area contributed by atoms with Gasteiger partial charge in [0.25, 0.3) is 0 Å². The summed E-state index contributed by atoms with van der Waals surface area (Å²) in [5, 5.41) is 15.1. The lowest BCUT2D eigenvalue weighted by Gasteiger charge is -2.20. The van der Waals surface area contributed by atoms with Crippen LogP contribution in [0.5, 0.6) is 0 Å². The monoisotopic (exact) mass is 202 g/mol. The molecule has 0 radical (unpaired) electrons. The van der Waals surface area contributed by atoms with Crippen LogP contribution in [0.15, 0.2) is 0 Å². The minimum Gasteiger partial charge on any atom is -0.391 e. The number of amides is 1. The summed E-state index contributed by atoms with van der Waals surface area (Å²) < 4.78 is 0. The molecule has 3 N–H and O–H groups in total. The maximum atomic E-state index is 11.1. The van der Waals surface area contributed by atoms with Gasteiger partial charge in [-0.15, -0.1) is 0 Å². The third-order valence-corrected chi connectivity index (χ3v) is 2.44. The van der Waals surface area contributed by atoms with Gasteiger partial charge >= 0.3 is 0 Å². The molecule has 0 aromatic heterocycles. The molecular formula is C10H22N2O2. The van der Waals surface area contributed by atoms with Gasteiger partial charge in [0.2, 0.25) is 5.91 Å². The number of likely N-dealkylation sites (N-methyl/N-ethyl adjacent to an activating group) is 1. The largest absolute Gasteiger partial charge is 0.391 e. The van der Waals surface area contributed by atoms with Crippen LogP contribution in [-0.4, -0.2) is 37.3 Å². The Hall–Kier alpha value is -0.610. The van der Waals surface area contributed by atoms with Crippen molar-refractivity contribution in [1.82, 2.24) is 10.6 Å². The number of hydrogen-bond acceptors (Lipinski definition) is 3. The van der Waals surface area contributed by atoms with Crippen molar-refractivity contribution in [3.8, 4) is 0 Å². The van der Waals surface area contributed by atoms with Gasteiger partial charge in [0.15, 0.2) is 0 Å². The first-order valence-electron chi connectivity index (χ1n) is 5.25. The van der Waals surface area contributed by atoms with Gasteiger partial charge in [-0.25, -0.2) is 0 Å². The molecule has 0 heterocycles. The molecule has 0 saturated carbocycles. The molecule has 0 spiro atoms. The Morgan fingerprint density at radius 3 is 2.36 bits per heavy atom. The fourth-order valence-corrected chi connectivity index (χ4v) is 1.44. The van der Waals surface area contributed by atoms with Gasteiger partial charge in [0.05, 0.1) is 12.6 Å². The summed E-state index contributed by atoms with van der Waals surface area (Å²) in [7, 11) is 1.72. The number of nitrogens with one attached hydrogen (secondary N) is 2. The Kier molecular flexibility index (Phi) is 7.42. The number of hydrogen-bond donors (Lipinski definition) is 3. The van der Waals surface area contributed by atoms with E-state index in [1.54, 1.807) is 7.05 Å². The van der Waals surface area contributed by atoms with E-state index < -0.39 is 6.10 Å². The molecule has 14 heavy (non-hydrogen) atoms. The molecule has 0 fully saturated rings. The molecule has 0 aliphatic rings. The molecule has 1 unspecified atom stereocenters. The molecule has 0 bridgehead atoms. The van der Waals surface area contributed by atoms with Crippen molar-refractivity contribution in [2.75, 3.05) is 20.1 Å². The average Bonchev–Trinajstić information content (AvgIpc) is 2.17.